The largest absolute Gasteiger partial charge is 0.369 e. The second-order valence-corrected chi connectivity index (χ2v) is 4.20. The van der Waals surface area contributed by atoms with E-state index in [1.165, 1.54) is 0 Å². The third-order valence-corrected chi connectivity index (χ3v) is 2.98. The highest BCUT2D eigenvalue weighted by Gasteiger charge is 2.48. The number of hydrogen-bond donors (Lipinski definition) is 1. The summed E-state index contributed by atoms with van der Waals surface area (Å²) in [5.41, 5.74) is 5.80. The van der Waals surface area contributed by atoms with E-state index in [0.717, 1.165) is 5.56 Å². The molecule has 0 heterocycles. The minimum Gasteiger partial charge on any atom is -0.369 e. The van der Waals surface area contributed by atoms with E-state index in [2.05, 4.69) is 0 Å². The van der Waals surface area contributed by atoms with Crippen molar-refractivity contribution in [2.45, 2.75) is 19.3 Å². The van der Waals surface area contributed by atoms with Gasteiger partial charge in [-0.3, -0.25) is 9.59 Å². The van der Waals surface area contributed by atoms with Gasteiger partial charge in [-0.1, -0.05) is 30.3 Å². The Morgan fingerprint density at radius 2 is 1.87 bits per heavy atom. The molecule has 1 aliphatic carbocycles. The number of benzene rings is 1. The Hall–Kier alpha value is -1.64. The van der Waals surface area contributed by atoms with E-state index in [-0.39, 0.29) is 11.7 Å². The van der Waals surface area contributed by atoms with E-state index in [4.69, 9.17) is 5.73 Å². The molecule has 0 atom stereocenters. The molecule has 2 rings (SSSR count). The number of amides is 1. The summed E-state index contributed by atoms with van der Waals surface area (Å²) < 4.78 is 0. The van der Waals surface area contributed by atoms with E-state index in [1.54, 1.807) is 0 Å². The first kappa shape index (κ1) is 9.90. The van der Waals surface area contributed by atoms with Gasteiger partial charge in [-0.25, -0.2) is 0 Å². The fourth-order valence-corrected chi connectivity index (χ4v) is 2.08. The predicted octanol–water partition coefficient (Wildman–Crippen LogP) is 1.06. The Labute approximate surface area is 88.3 Å². The standard InChI is InChI=1S/C12H13NO2/c13-11(15)12(7-10(14)8-12)6-9-4-2-1-3-5-9/h1-5H,6-8H2,(H2,13,15). The van der Waals surface area contributed by atoms with Crippen molar-refractivity contribution in [3.8, 4) is 0 Å². The van der Waals surface area contributed by atoms with E-state index < -0.39 is 5.41 Å². The topological polar surface area (TPSA) is 60.2 Å². The molecule has 0 aliphatic heterocycles. The molecule has 3 nitrogen and oxygen atoms in total. The number of nitrogens with two attached hydrogens (primary N) is 1. The van der Waals surface area contributed by atoms with E-state index >= 15 is 0 Å². The van der Waals surface area contributed by atoms with Gasteiger partial charge >= 0.3 is 0 Å². The monoisotopic (exact) mass is 203 g/mol. The summed E-state index contributed by atoms with van der Waals surface area (Å²) in [7, 11) is 0. The van der Waals surface area contributed by atoms with Crippen LogP contribution in [0.3, 0.4) is 0 Å². The average molecular weight is 203 g/mol. The van der Waals surface area contributed by atoms with Crippen molar-refractivity contribution in [1.29, 1.82) is 0 Å². The first-order valence-corrected chi connectivity index (χ1v) is 4.98. The molecule has 78 valence electrons. The van der Waals surface area contributed by atoms with Crippen LogP contribution < -0.4 is 5.73 Å². The minimum atomic E-state index is -0.613. The first-order chi connectivity index (χ1) is 7.12. The third-order valence-electron chi connectivity index (χ3n) is 2.98. The third kappa shape index (κ3) is 1.77. The van der Waals surface area contributed by atoms with Crippen LogP contribution in [-0.2, 0) is 16.0 Å². The first-order valence-electron chi connectivity index (χ1n) is 4.98. The lowest BCUT2D eigenvalue weighted by Gasteiger charge is -2.37. The van der Waals surface area contributed by atoms with Gasteiger partial charge in [0.15, 0.2) is 0 Å². The van der Waals surface area contributed by atoms with Crippen LogP contribution in [0.1, 0.15) is 18.4 Å². The summed E-state index contributed by atoms with van der Waals surface area (Å²) in [5, 5.41) is 0. The van der Waals surface area contributed by atoms with Crippen molar-refractivity contribution >= 4 is 11.7 Å². The highest BCUT2D eigenvalue weighted by molar-refractivity contribution is 5.99. The van der Waals surface area contributed by atoms with Gasteiger partial charge in [-0.15, -0.1) is 0 Å². The molecule has 3 heteroatoms. The number of Topliss-reactive ketones (excluding diaryl/α,β-unsaturated/α-hetero) is 1. The summed E-state index contributed by atoms with van der Waals surface area (Å²) in [6, 6.07) is 9.67. The summed E-state index contributed by atoms with van der Waals surface area (Å²) in [5.74, 6) is -0.226. The summed E-state index contributed by atoms with van der Waals surface area (Å²) in [6.45, 7) is 0. The Kier molecular flexibility index (Phi) is 2.31. The molecule has 0 spiro atoms. The lowest BCUT2D eigenvalue weighted by Crippen LogP contribution is -2.49. The van der Waals surface area contributed by atoms with Gasteiger partial charge in [0.1, 0.15) is 5.78 Å². The van der Waals surface area contributed by atoms with Gasteiger partial charge < -0.3 is 5.73 Å². The van der Waals surface area contributed by atoms with Crippen molar-refractivity contribution in [2.24, 2.45) is 11.1 Å². The lowest BCUT2D eigenvalue weighted by molar-refractivity contribution is -0.145. The Morgan fingerprint density at radius 1 is 1.27 bits per heavy atom. The number of rotatable bonds is 3. The molecule has 1 amide bonds. The smallest absolute Gasteiger partial charge is 0.224 e. The fourth-order valence-electron chi connectivity index (χ4n) is 2.08. The summed E-state index contributed by atoms with van der Waals surface area (Å²) in [6.07, 6.45) is 1.18. The fraction of sp³-hybridized carbons (Fsp3) is 0.333. The van der Waals surface area contributed by atoms with Crippen molar-refractivity contribution < 1.29 is 9.59 Å². The van der Waals surface area contributed by atoms with Crippen LogP contribution in [0.4, 0.5) is 0 Å². The van der Waals surface area contributed by atoms with Gasteiger partial charge in [-0.05, 0) is 12.0 Å². The van der Waals surface area contributed by atoms with E-state index in [9.17, 15) is 9.59 Å². The van der Waals surface area contributed by atoms with Gasteiger partial charge in [0.05, 0.1) is 5.41 Å². The number of ketones is 1. The number of primary amides is 1. The highest BCUT2D eigenvalue weighted by Crippen LogP contribution is 2.40. The molecule has 0 aromatic heterocycles. The van der Waals surface area contributed by atoms with Gasteiger partial charge in [0.25, 0.3) is 0 Å². The minimum absolute atomic E-state index is 0.129. The second-order valence-electron chi connectivity index (χ2n) is 4.20. The average Bonchev–Trinajstić information content (AvgIpc) is 2.16. The van der Waals surface area contributed by atoms with Gasteiger partial charge in [-0.2, -0.15) is 0 Å². The van der Waals surface area contributed by atoms with Crippen molar-refractivity contribution in [1.82, 2.24) is 0 Å². The summed E-state index contributed by atoms with van der Waals surface area (Å²) >= 11 is 0. The molecule has 15 heavy (non-hydrogen) atoms. The molecule has 0 bridgehead atoms. The predicted molar refractivity (Wildman–Crippen MR) is 56.0 cm³/mol. The Bertz CT molecular complexity index is 389. The molecule has 1 saturated carbocycles. The van der Waals surface area contributed by atoms with Crippen LogP contribution >= 0.6 is 0 Å². The summed E-state index contributed by atoms with van der Waals surface area (Å²) in [4.78, 5) is 22.3. The maximum absolute atomic E-state index is 11.3. The SMILES string of the molecule is NC(=O)C1(Cc2ccccc2)CC(=O)C1. The van der Waals surface area contributed by atoms with E-state index in [0.29, 0.717) is 19.3 Å². The zero-order valence-electron chi connectivity index (χ0n) is 8.40. The van der Waals surface area contributed by atoms with Gasteiger partial charge in [0, 0.05) is 12.8 Å². The van der Waals surface area contributed by atoms with Crippen LogP contribution in [0.2, 0.25) is 0 Å². The van der Waals surface area contributed by atoms with Crippen molar-refractivity contribution in [2.75, 3.05) is 0 Å². The van der Waals surface area contributed by atoms with Crippen LogP contribution in [0.25, 0.3) is 0 Å². The molecule has 1 aromatic carbocycles. The number of carbonyl (C=O) groups is 2. The molecule has 0 saturated heterocycles. The molecular formula is C12H13NO2. The maximum Gasteiger partial charge on any atom is 0.224 e. The van der Waals surface area contributed by atoms with Crippen molar-refractivity contribution in [3.05, 3.63) is 35.9 Å². The van der Waals surface area contributed by atoms with Gasteiger partial charge in [0.2, 0.25) is 5.91 Å². The van der Waals surface area contributed by atoms with Crippen LogP contribution in [-0.4, -0.2) is 11.7 Å². The van der Waals surface area contributed by atoms with Crippen LogP contribution in [0.15, 0.2) is 30.3 Å². The normalized spacial score (nSPS) is 18.3. The number of hydrogen-bond acceptors (Lipinski definition) is 2. The van der Waals surface area contributed by atoms with E-state index in [1.807, 2.05) is 30.3 Å². The molecule has 1 aliphatic rings. The lowest BCUT2D eigenvalue weighted by atomic mass is 9.64. The number of carbonyl (C=O) groups excluding carboxylic acids is 2. The maximum atomic E-state index is 11.3. The molecule has 0 radical (unpaired) electrons. The zero-order valence-corrected chi connectivity index (χ0v) is 8.40. The molecule has 1 aromatic rings. The Morgan fingerprint density at radius 3 is 2.33 bits per heavy atom. The molecular weight excluding hydrogens is 190 g/mol. The molecule has 1 fully saturated rings. The quantitative estimate of drug-likeness (QED) is 0.798. The second kappa shape index (κ2) is 3.50. The van der Waals surface area contributed by atoms with Crippen LogP contribution in [0.5, 0.6) is 0 Å². The zero-order chi connectivity index (χ0) is 10.9. The van der Waals surface area contributed by atoms with Crippen LogP contribution in [0, 0.1) is 5.41 Å². The molecule has 2 N–H and O–H groups in total. The molecule has 0 unspecified atom stereocenters. The van der Waals surface area contributed by atoms with Crippen molar-refractivity contribution in [3.63, 3.8) is 0 Å². The highest BCUT2D eigenvalue weighted by atomic mass is 16.2. The Balaban J connectivity index is 2.16.